The highest BCUT2D eigenvalue weighted by Crippen LogP contribution is 2.28. The van der Waals surface area contributed by atoms with Gasteiger partial charge < -0.3 is 9.42 Å². The first-order chi connectivity index (χ1) is 12.7. The van der Waals surface area contributed by atoms with Crippen molar-refractivity contribution in [3.8, 4) is 10.7 Å². The van der Waals surface area contributed by atoms with Gasteiger partial charge in [0.15, 0.2) is 0 Å². The number of carbonyl (C=O) groups is 1. The van der Waals surface area contributed by atoms with Gasteiger partial charge in [-0.3, -0.25) is 9.69 Å². The van der Waals surface area contributed by atoms with Gasteiger partial charge in [0.25, 0.3) is 0 Å². The third kappa shape index (κ3) is 3.69. The van der Waals surface area contributed by atoms with E-state index in [1.54, 1.807) is 11.3 Å². The van der Waals surface area contributed by atoms with Crippen LogP contribution in [0, 0.1) is 5.92 Å². The van der Waals surface area contributed by atoms with Gasteiger partial charge in [0.2, 0.25) is 17.6 Å². The maximum absolute atomic E-state index is 12.7. The summed E-state index contributed by atoms with van der Waals surface area (Å²) in [5, 5.41) is 6.12. The normalized spacial score (nSPS) is 21.0. The molecule has 0 bridgehead atoms. The van der Waals surface area contributed by atoms with Crippen LogP contribution in [0.4, 0.5) is 0 Å². The Labute approximate surface area is 158 Å². The van der Waals surface area contributed by atoms with Crippen molar-refractivity contribution in [1.29, 1.82) is 0 Å². The van der Waals surface area contributed by atoms with Gasteiger partial charge in [0.1, 0.15) is 0 Å². The smallest absolute Gasteiger partial charge is 0.244 e. The van der Waals surface area contributed by atoms with Gasteiger partial charge in [0, 0.05) is 32.1 Å². The molecule has 1 aliphatic carbocycles. The van der Waals surface area contributed by atoms with Crippen molar-refractivity contribution < 1.29 is 9.32 Å². The second-order valence-electron chi connectivity index (χ2n) is 7.31. The number of carbonyl (C=O) groups excluding carboxylic acids is 1. The van der Waals surface area contributed by atoms with Crippen LogP contribution in [0.5, 0.6) is 0 Å². The lowest BCUT2D eigenvalue weighted by Gasteiger charge is -2.38. The summed E-state index contributed by atoms with van der Waals surface area (Å²) in [7, 11) is 0. The molecule has 2 fully saturated rings. The van der Waals surface area contributed by atoms with E-state index in [2.05, 4.69) is 26.9 Å². The lowest BCUT2D eigenvalue weighted by Crippen LogP contribution is -2.51. The molecule has 0 spiro atoms. The number of aromatic nitrogens is 2. The van der Waals surface area contributed by atoms with E-state index < -0.39 is 0 Å². The fraction of sp³-hybridized carbons (Fsp3) is 0.632. The van der Waals surface area contributed by atoms with Gasteiger partial charge >= 0.3 is 0 Å². The Morgan fingerprint density at radius 3 is 2.69 bits per heavy atom. The SMILES string of the molecule is CC(c1nc(-c2cccs2)no1)N1CCN(C(=O)C2CCCCC2)CC1. The van der Waals surface area contributed by atoms with Crippen molar-refractivity contribution in [2.45, 2.75) is 45.1 Å². The monoisotopic (exact) mass is 374 g/mol. The number of thiophene rings is 1. The number of amides is 1. The van der Waals surface area contributed by atoms with Crippen LogP contribution in [0.2, 0.25) is 0 Å². The zero-order valence-corrected chi connectivity index (χ0v) is 16.1. The molecule has 1 saturated heterocycles. The largest absolute Gasteiger partial charge is 0.340 e. The van der Waals surface area contributed by atoms with Gasteiger partial charge in [-0.15, -0.1) is 11.3 Å². The standard InChI is InChI=1S/C19H26N4O2S/c1-14(18-20-17(21-25-18)16-8-5-13-26-16)22-9-11-23(12-10-22)19(24)15-6-3-2-4-7-15/h5,8,13-15H,2-4,6-7,9-12H2,1H3. The summed E-state index contributed by atoms with van der Waals surface area (Å²) in [4.78, 5) is 22.7. The molecule has 140 valence electrons. The molecule has 26 heavy (non-hydrogen) atoms. The zero-order valence-electron chi connectivity index (χ0n) is 15.3. The lowest BCUT2D eigenvalue weighted by molar-refractivity contribution is -0.138. The summed E-state index contributed by atoms with van der Waals surface area (Å²) in [5.41, 5.74) is 0. The van der Waals surface area contributed by atoms with Gasteiger partial charge in [-0.2, -0.15) is 4.98 Å². The van der Waals surface area contributed by atoms with Crippen LogP contribution in [0.3, 0.4) is 0 Å². The minimum Gasteiger partial charge on any atom is -0.340 e. The molecule has 2 aliphatic rings. The van der Waals surface area contributed by atoms with Crippen LogP contribution < -0.4 is 0 Å². The first-order valence-corrected chi connectivity index (χ1v) is 10.5. The molecule has 6 nitrogen and oxygen atoms in total. The van der Waals surface area contributed by atoms with Crippen molar-refractivity contribution >= 4 is 17.2 Å². The zero-order chi connectivity index (χ0) is 17.9. The fourth-order valence-corrected chi connectivity index (χ4v) is 4.65. The highest BCUT2D eigenvalue weighted by Gasteiger charge is 2.31. The molecule has 1 aliphatic heterocycles. The van der Waals surface area contributed by atoms with Gasteiger partial charge in [0.05, 0.1) is 10.9 Å². The highest BCUT2D eigenvalue weighted by molar-refractivity contribution is 7.13. The molecule has 0 N–H and O–H groups in total. The van der Waals surface area contributed by atoms with Gasteiger partial charge in [-0.25, -0.2) is 0 Å². The Bertz CT molecular complexity index is 716. The Balaban J connectivity index is 1.33. The third-order valence-corrected chi connectivity index (χ3v) is 6.53. The summed E-state index contributed by atoms with van der Waals surface area (Å²) < 4.78 is 5.50. The molecular weight excluding hydrogens is 348 g/mol. The molecule has 3 heterocycles. The fourth-order valence-electron chi connectivity index (χ4n) is 4.00. The summed E-state index contributed by atoms with van der Waals surface area (Å²) in [6.45, 7) is 5.41. The predicted octanol–water partition coefficient (Wildman–Crippen LogP) is 3.58. The van der Waals surface area contributed by atoms with Crippen molar-refractivity contribution in [2.24, 2.45) is 5.92 Å². The second-order valence-corrected chi connectivity index (χ2v) is 8.25. The van der Waals surface area contributed by atoms with E-state index in [1.165, 1.54) is 19.3 Å². The van der Waals surface area contributed by atoms with E-state index in [9.17, 15) is 4.79 Å². The first-order valence-electron chi connectivity index (χ1n) is 9.62. The average molecular weight is 375 g/mol. The molecule has 0 radical (unpaired) electrons. The third-order valence-electron chi connectivity index (χ3n) is 5.67. The number of hydrogen-bond acceptors (Lipinski definition) is 6. The number of piperazine rings is 1. The second kappa shape index (κ2) is 7.88. The molecule has 7 heteroatoms. The topological polar surface area (TPSA) is 62.5 Å². The summed E-state index contributed by atoms with van der Waals surface area (Å²) in [6, 6.07) is 4.06. The van der Waals surface area contributed by atoms with Crippen LogP contribution >= 0.6 is 11.3 Å². The molecule has 1 amide bonds. The van der Waals surface area contributed by atoms with E-state index >= 15 is 0 Å². The Morgan fingerprint density at radius 1 is 1.23 bits per heavy atom. The average Bonchev–Trinajstić information content (AvgIpc) is 3.39. The molecule has 1 saturated carbocycles. The van der Waals surface area contributed by atoms with E-state index in [4.69, 9.17) is 4.52 Å². The Morgan fingerprint density at radius 2 is 2.00 bits per heavy atom. The number of hydrogen-bond donors (Lipinski definition) is 0. The summed E-state index contributed by atoms with van der Waals surface area (Å²) in [6.07, 6.45) is 5.84. The molecule has 4 rings (SSSR count). The molecular formula is C19H26N4O2S. The number of nitrogens with zero attached hydrogens (tertiary/aromatic N) is 4. The van der Waals surface area contributed by atoms with E-state index in [0.717, 1.165) is 43.9 Å². The van der Waals surface area contributed by atoms with Crippen LogP contribution in [0.25, 0.3) is 10.7 Å². The summed E-state index contributed by atoms with van der Waals surface area (Å²) >= 11 is 1.61. The maximum Gasteiger partial charge on any atom is 0.244 e. The van der Waals surface area contributed by atoms with Gasteiger partial charge in [-0.05, 0) is 31.2 Å². The van der Waals surface area contributed by atoms with Crippen LogP contribution in [0.15, 0.2) is 22.0 Å². The van der Waals surface area contributed by atoms with E-state index in [1.807, 2.05) is 17.5 Å². The predicted molar refractivity (Wildman–Crippen MR) is 101 cm³/mol. The molecule has 1 atom stereocenters. The van der Waals surface area contributed by atoms with Crippen molar-refractivity contribution in [3.63, 3.8) is 0 Å². The van der Waals surface area contributed by atoms with Crippen LogP contribution in [0.1, 0.15) is 51.0 Å². The minimum atomic E-state index is 0.0724. The van der Waals surface area contributed by atoms with Crippen LogP contribution in [-0.4, -0.2) is 52.0 Å². The minimum absolute atomic E-state index is 0.0724. The first kappa shape index (κ1) is 17.7. The molecule has 2 aromatic rings. The van der Waals surface area contributed by atoms with Crippen molar-refractivity contribution in [3.05, 3.63) is 23.4 Å². The Kier molecular flexibility index (Phi) is 5.36. The molecule has 0 aromatic carbocycles. The van der Waals surface area contributed by atoms with E-state index in [-0.39, 0.29) is 12.0 Å². The van der Waals surface area contributed by atoms with Gasteiger partial charge in [-0.1, -0.05) is 30.5 Å². The number of rotatable bonds is 4. The van der Waals surface area contributed by atoms with E-state index in [0.29, 0.717) is 17.6 Å². The Hall–Kier alpha value is -1.73. The molecule has 2 aromatic heterocycles. The molecule has 1 unspecified atom stereocenters. The van der Waals surface area contributed by atoms with Crippen molar-refractivity contribution in [2.75, 3.05) is 26.2 Å². The highest BCUT2D eigenvalue weighted by atomic mass is 32.1. The van der Waals surface area contributed by atoms with Crippen molar-refractivity contribution in [1.82, 2.24) is 19.9 Å². The maximum atomic E-state index is 12.7. The van der Waals surface area contributed by atoms with Crippen LogP contribution in [-0.2, 0) is 4.79 Å². The lowest BCUT2D eigenvalue weighted by atomic mass is 9.88. The summed E-state index contributed by atoms with van der Waals surface area (Å²) in [5.74, 6) is 1.94. The quantitative estimate of drug-likeness (QED) is 0.818.